The minimum absolute atomic E-state index is 0.176. The van der Waals surface area contributed by atoms with Crippen LogP contribution in [0.25, 0.3) is 5.65 Å². The molecule has 1 aromatic carbocycles. The van der Waals surface area contributed by atoms with Crippen LogP contribution in [0.5, 0.6) is 0 Å². The number of carbonyl (C=O) groups is 1. The van der Waals surface area contributed by atoms with Gasteiger partial charge in [-0.1, -0.05) is 6.07 Å². The zero-order valence-electron chi connectivity index (χ0n) is 15.9. The van der Waals surface area contributed by atoms with Gasteiger partial charge in [0.1, 0.15) is 11.3 Å². The molecule has 0 bridgehead atoms. The van der Waals surface area contributed by atoms with E-state index in [9.17, 15) is 14.9 Å². The molecule has 0 unspecified atom stereocenters. The number of nitro benzene ring substituents is 1. The normalized spacial score (nSPS) is 11.0. The standard InChI is InChI=1S/C20H18N6O3/c1-13-4-3-5-18-23-15(12-25(13)18)11-22-16-7-6-14(10-17(16)26(28)29)19(27)20-21-8-9-24(20)2/h3-10,12,22H,11H2,1-2H3. The van der Waals surface area contributed by atoms with Crippen molar-refractivity contribution in [2.24, 2.45) is 7.05 Å². The fourth-order valence-corrected chi connectivity index (χ4v) is 3.16. The van der Waals surface area contributed by atoms with E-state index in [2.05, 4.69) is 15.3 Å². The summed E-state index contributed by atoms with van der Waals surface area (Å²) in [6.07, 6.45) is 5.05. The van der Waals surface area contributed by atoms with E-state index in [1.54, 1.807) is 23.9 Å². The third-order valence-corrected chi connectivity index (χ3v) is 4.69. The lowest BCUT2D eigenvalue weighted by Gasteiger charge is -2.07. The Balaban J connectivity index is 1.60. The summed E-state index contributed by atoms with van der Waals surface area (Å²) in [6, 6.07) is 10.2. The van der Waals surface area contributed by atoms with Gasteiger partial charge in [0, 0.05) is 43.0 Å². The van der Waals surface area contributed by atoms with Crippen molar-refractivity contribution in [3.8, 4) is 0 Å². The Bertz CT molecular complexity index is 1240. The molecule has 0 spiro atoms. The van der Waals surface area contributed by atoms with Crippen molar-refractivity contribution in [2.45, 2.75) is 13.5 Å². The Kier molecular flexibility index (Phi) is 4.55. The molecular weight excluding hydrogens is 372 g/mol. The fourth-order valence-electron chi connectivity index (χ4n) is 3.16. The van der Waals surface area contributed by atoms with Crippen LogP contribution in [0.15, 0.2) is 55.0 Å². The summed E-state index contributed by atoms with van der Waals surface area (Å²) in [5, 5.41) is 14.6. The van der Waals surface area contributed by atoms with Gasteiger partial charge < -0.3 is 14.3 Å². The monoisotopic (exact) mass is 390 g/mol. The highest BCUT2D eigenvalue weighted by molar-refractivity contribution is 6.07. The zero-order chi connectivity index (χ0) is 20.5. The van der Waals surface area contributed by atoms with Crippen molar-refractivity contribution >= 4 is 22.8 Å². The largest absolute Gasteiger partial charge is 0.374 e. The van der Waals surface area contributed by atoms with Gasteiger partial charge in [-0.05, 0) is 31.2 Å². The number of nitrogens with one attached hydrogen (secondary N) is 1. The first kappa shape index (κ1) is 18.4. The highest BCUT2D eigenvalue weighted by atomic mass is 16.6. The van der Waals surface area contributed by atoms with E-state index in [0.29, 0.717) is 12.2 Å². The summed E-state index contributed by atoms with van der Waals surface area (Å²) < 4.78 is 3.53. The van der Waals surface area contributed by atoms with Crippen molar-refractivity contribution < 1.29 is 9.72 Å². The molecule has 4 aromatic rings. The first-order valence-electron chi connectivity index (χ1n) is 8.92. The van der Waals surface area contributed by atoms with Crippen LogP contribution < -0.4 is 5.32 Å². The fraction of sp³-hybridized carbons (Fsp3) is 0.150. The topological polar surface area (TPSA) is 107 Å². The number of anilines is 1. The van der Waals surface area contributed by atoms with Gasteiger partial charge in [-0.25, -0.2) is 9.97 Å². The maximum Gasteiger partial charge on any atom is 0.293 e. The smallest absolute Gasteiger partial charge is 0.293 e. The second-order valence-electron chi connectivity index (χ2n) is 6.66. The van der Waals surface area contributed by atoms with E-state index < -0.39 is 4.92 Å². The van der Waals surface area contributed by atoms with E-state index in [4.69, 9.17) is 0 Å². The van der Waals surface area contributed by atoms with Crippen molar-refractivity contribution in [2.75, 3.05) is 5.32 Å². The molecule has 0 saturated carbocycles. The Morgan fingerprint density at radius 3 is 2.79 bits per heavy atom. The van der Waals surface area contributed by atoms with Crippen LogP contribution in [0.1, 0.15) is 27.6 Å². The quantitative estimate of drug-likeness (QED) is 0.308. The second-order valence-corrected chi connectivity index (χ2v) is 6.66. The minimum Gasteiger partial charge on any atom is -0.374 e. The van der Waals surface area contributed by atoms with Crippen molar-refractivity contribution in [1.82, 2.24) is 18.9 Å². The van der Waals surface area contributed by atoms with Gasteiger partial charge in [0.05, 0.1) is 17.2 Å². The molecule has 0 amide bonds. The first-order valence-corrected chi connectivity index (χ1v) is 8.92. The van der Waals surface area contributed by atoms with Gasteiger partial charge in [0.15, 0.2) is 5.82 Å². The third-order valence-electron chi connectivity index (χ3n) is 4.69. The molecular formula is C20H18N6O3. The number of ketones is 1. The number of benzene rings is 1. The number of imidazole rings is 2. The Labute approximate surface area is 165 Å². The van der Waals surface area contributed by atoms with Gasteiger partial charge in [0.25, 0.3) is 5.69 Å². The highest BCUT2D eigenvalue weighted by Gasteiger charge is 2.20. The van der Waals surface area contributed by atoms with Crippen LogP contribution in [0.3, 0.4) is 0 Å². The predicted octanol–water partition coefficient (Wildman–Crippen LogP) is 3.13. The third kappa shape index (κ3) is 3.45. The van der Waals surface area contributed by atoms with E-state index in [0.717, 1.165) is 17.0 Å². The van der Waals surface area contributed by atoms with Crippen LogP contribution in [-0.4, -0.2) is 29.6 Å². The summed E-state index contributed by atoms with van der Waals surface area (Å²) in [5.74, 6) is -0.150. The average Bonchev–Trinajstić information content (AvgIpc) is 3.32. The molecule has 29 heavy (non-hydrogen) atoms. The molecule has 0 fully saturated rings. The highest BCUT2D eigenvalue weighted by Crippen LogP contribution is 2.27. The van der Waals surface area contributed by atoms with Crippen molar-refractivity contribution in [3.05, 3.63) is 87.9 Å². The molecule has 4 rings (SSSR count). The van der Waals surface area contributed by atoms with Gasteiger partial charge in [-0.15, -0.1) is 0 Å². The summed E-state index contributed by atoms with van der Waals surface area (Å²) in [6.45, 7) is 2.29. The molecule has 0 aliphatic rings. The second kappa shape index (κ2) is 7.19. The molecule has 0 aliphatic carbocycles. The van der Waals surface area contributed by atoms with Crippen molar-refractivity contribution in [3.63, 3.8) is 0 Å². The van der Waals surface area contributed by atoms with Crippen LogP contribution in [0.4, 0.5) is 11.4 Å². The molecule has 3 heterocycles. The van der Waals surface area contributed by atoms with Crippen LogP contribution in [-0.2, 0) is 13.6 Å². The lowest BCUT2D eigenvalue weighted by atomic mass is 10.1. The van der Waals surface area contributed by atoms with Crippen LogP contribution in [0, 0.1) is 17.0 Å². The molecule has 9 heteroatoms. The Morgan fingerprint density at radius 2 is 2.10 bits per heavy atom. The number of nitrogens with zero attached hydrogens (tertiary/aromatic N) is 5. The van der Waals surface area contributed by atoms with Gasteiger partial charge in [0.2, 0.25) is 5.78 Å². The minimum atomic E-state index is -0.509. The number of rotatable bonds is 6. The number of hydrogen-bond donors (Lipinski definition) is 1. The zero-order valence-corrected chi connectivity index (χ0v) is 15.9. The van der Waals surface area contributed by atoms with E-state index in [1.165, 1.54) is 18.3 Å². The molecule has 3 aromatic heterocycles. The lowest BCUT2D eigenvalue weighted by molar-refractivity contribution is -0.384. The molecule has 0 saturated heterocycles. The number of aryl methyl sites for hydroxylation is 2. The molecule has 1 N–H and O–H groups in total. The van der Waals surface area contributed by atoms with E-state index in [-0.39, 0.29) is 22.9 Å². The SMILES string of the molecule is Cc1cccc2nc(CNc3ccc(C(=O)c4nccn4C)cc3[N+](=O)[O-])cn12. The molecule has 9 nitrogen and oxygen atoms in total. The van der Waals surface area contributed by atoms with Gasteiger partial charge in [-0.2, -0.15) is 0 Å². The van der Waals surface area contributed by atoms with E-state index in [1.807, 2.05) is 35.7 Å². The number of aromatic nitrogens is 4. The maximum absolute atomic E-state index is 12.6. The summed E-state index contributed by atoms with van der Waals surface area (Å²) >= 11 is 0. The number of hydrogen-bond acceptors (Lipinski definition) is 6. The Hall–Kier alpha value is -4.01. The first-order chi connectivity index (χ1) is 13.9. The maximum atomic E-state index is 12.6. The van der Waals surface area contributed by atoms with Crippen LogP contribution >= 0.6 is 0 Å². The van der Waals surface area contributed by atoms with E-state index >= 15 is 0 Å². The number of carbonyl (C=O) groups excluding carboxylic acids is 1. The summed E-state index contributed by atoms with van der Waals surface area (Å²) in [7, 11) is 1.70. The predicted molar refractivity (Wildman–Crippen MR) is 107 cm³/mol. The van der Waals surface area contributed by atoms with Crippen LogP contribution in [0.2, 0.25) is 0 Å². The number of nitro groups is 1. The lowest BCUT2D eigenvalue weighted by Crippen LogP contribution is -2.10. The average molecular weight is 390 g/mol. The van der Waals surface area contributed by atoms with Gasteiger partial charge >= 0.3 is 0 Å². The summed E-state index contributed by atoms with van der Waals surface area (Å²) in [4.78, 5) is 32.2. The number of pyridine rings is 1. The van der Waals surface area contributed by atoms with Gasteiger partial charge in [-0.3, -0.25) is 14.9 Å². The molecule has 146 valence electrons. The molecule has 0 aliphatic heterocycles. The summed E-state index contributed by atoms with van der Waals surface area (Å²) in [5.41, 5.74) is 2.96. The molecule has 0 atom stereocenters. The molecule has 0 radical (unpaired) electrons. The number of fused-ring (bicyclic) bond motifs is 1. The van der Waals surface area contributed by atoms with Crippen molar-refractivity contribution in [1.29, 1.82) is 0 Å². The Morgan fingerprint density at radius 1 is 1.28 bits per heavy atom.